The molecule has 0 aliphatic carbocycles. The Morgan fingerprint density at radius 3 is 2.69 bits per heavy atom. The van der Waals surface area contributed by atoms with Gasteiger partial charge in [0.25, 0.3) is 0 Å². The largest absolute Gasteiger partial charge is 0.466 e. The Balaban J connectivity index is 2.22. The summed E-state index contributed by atoms with van der Waals surface area (Å²) in [6.07, 6.45) is -0.0642. The Morgan fingerprint density at radius 1 is 1.19 bits per heavy atom. The maximum absolute atomic E-state index is 8.87. The van der Waals surface area contributed by atoms with Gasteiger partial charge in [0.1, 0.15) is 19.6 Å². The van der Waals surface area contributed by atoms with Gasteiger partial charge in [-0.1, -0.05) is 44.2 Å². The van der Waals surface area contributed by atoms with Crippen LogP contribution in [-0.2, 0) is 7.05 Å². The highest BCUT2D eigenvalue weighted by Gasteiger charge is 2.22. The first kappa shape index (κ1) is 12.3. The molecule has 26 heavy (non-hydrogen) atoms. The van der Waals surface area contributed by atoms with Crippen LogP contribution >= 0.6 is 0 Å². The molecule has 2 aromatic carbocycles. The van der Waals surface area contributed by atoms with Crippen molar-refractivity contribution in [1.82, 2.24) is 0 Å². The lowest BCUT2D eigenvalue weighted by molar-refractivity contribution is -0.660. The van der Waals surface area contributed by atoms with Gasteiger partial charge in [0.2, 0.25) is 11.4 Å². The Morgan fingerprint density at radius 2 is 1.96 bits per heavy atom. The van der Waals surface area contributed by atoms with E-state index in [0.717, 1.165) is 16.3 Å². The lowest BCUT2D eigenvalue weighted by Gasteiger charge is -2.09. The molecule has 4 aromatic rings. The molecule has 0 saturated carbocycles. The maximum atomic E-state index is 8.87. The normalized spacial score (nSPS) is 14.0. The van der Waals surface area contributed by atoms with Crippen LogP contribution in [0.1, 0.15) is 36.4 Å². The van der Waals surface area contributed by atoms with E-state index in [1.54, 1.807) is 27.0 Å². The molecule has 2 heterocycles. The molecule has 0 aliphatic heterocycles. The fourth-order valence-electron chi connectivity index (χ4n) is 3.24. The minimum Gasteiger partial charge on any atom is -0.466 e. The molecule has 0 N–H and O–H groups in total. The van der Waals surface area contributed by atoms with Crippen LogP contribution in [-0.4, -0.2) is 0 Å². The molecule has 0 saturated heterocycles. The zero-order chi connectivity index (χ0) is 22.0. The van der Waals surface area contributed by atoms with Crippen molar-refractivity contribution in [3.8, 4) is 11.3 Å². The highest BCUT2D eigenvalue weighted by atomic mass is 16.3. The van der Waals surface area contributed by atoms with Crippen LogP contribution in [0.25, 0.3) is 38.0 Å². The summed E-state index contributed by atoms with van der Waals surface area (Å²) in [4.78, 5) is 3.56. The summed E-state index contributed by atoms with van der Waals surface area (Å²) >= 11 is 0. The van der Waals surface area contributed by atoms with Crippen LogP contribution in [0.2, 0.25) is 0 Å². The van der Waals surface area contributed by atoms with E-state index in [-0.39, 0.29) is 23.8 Å². The third kappa shape index (κ3) is 2.38. The zero-order valence-electron chi connectivity index (χ0n) is 19.2. The smallest absolute Gasteiger partial charge is 0.229 e. The molecule has 0 fully saturated rings. The summed E-state index contributed by atoms with van der Waals surface area (Å²) < 4.78 is 41.8. The summed E-state index contributed by atoms with van der Waals surface area (Å²) in [5, 5.41) is 1.64. The van der Waals surface area contributed by atoms with Gasteiger partial charge in [0, 0.05) is 24.2 Å². The van der Waals surface area contributed by atoms with Crippen molar-refractivity contribution in [2.75, 3.05) is 0 Å². The van der Waals surface area contributed by atoms with Gasteiger partial charge in [-0.2, -0.15) is 0 Å². The topological polar surface area (TPSA) is 21.4 Å². The number of nitrogens with zero attached hydrogens (tertiary/aromatic N) is 2. The number of aromatic nitrogens is 1. The van der Waals surface area contributed by atoms with Crippen LogP contribution in [0.4, 0.5) is 5.69 Å². The highest BCUT2D eigenvalue weighted by molar-refractivity contribution is 6.12. The molecule has 0 unspecified atom stereocenters. The summed E-state index contributed by atoms with van der Waals surface area (Å²) in [5.74, 6) is -1.21. The van der Waals surface area contributed by atoms with Crippen LogP contribution < -0.4 is 4.57 Å². The summed E-state index contributed by atoms with van der Waals surface area (Å²) in [7, 11) is 1.65. The average molecular weight is 345 g/mol. The Bertz CT molecular complexity index is 1390. The standard InChI is InChI=1S/C23H21N2O/c1-14(2)16-11-12-25(5)20(13-16)21-15(3)9-10-18-17-7-6-8-19(24-4)22(17)26-23(18)21/h6-14H,1-3,5H3/q+1/i11D,12D,13D,14D. The molecule has 0 bridgehead atoms. The quantitative estimate of drug-likeness (QED) is 0.319. The van der Waals surface area contributed by atoms with Gasteiger partial charge in [0.15, 0.2) is 6.17 Å². The molecule has 3 heteroatoms. The first-order valence-electron chi connectivity index (χ1n) is 10.4. The number of hydrogen-bond donors (Lipinski definition) is 0. The molecule has 0 aliphatic rings. The minimum absolute atomic E-state index is 0.0416. The molecule has 3 nitrogen and oxygen atoms in total. The predicted molar refractivity (Wildman–Crippen MR) is 105 cm³/mol. The first-order valence-corrected chi connectivity index (χ1v) is 8.40. The number of para-hydroxylation sites is 1. The van der Waals surface area contributed by atoms with Crippen molar-refractivity contribution in [3.63, 3.8) is 0 Å². The second-order valence-electron chi connectivity index (χ2n) is 6.65. The van der Waals surface area contributed by atoms with Crippen molar-refractivity contribution < 1.29 is 14.5 Å². The molecule has 0 amide bonds. The van der Waals surface area contributed by atoms with Gasteiger partial charge in [-0.15, -0.1) is 0 Å². The lowest BCUT2D eigenvalue weighted by atomic mass is 9.97. The minimum atomic E-state index is -1.21. The predicted octanol–water partition coefficient (Wildman–Crippen LogP) is 6.06. The highest BCUT2D eigenvalue weighted by Crippen LogP contribution is 2.40. The van der Waals surface area contributed by atoms with E-state index < -0.39 is 5.89 Å². The van der Waals surface area contributed by atoms with Crippen molar-refractivity contribution >= 4 is 27.6 Å². The molecule has 0 atom stereocenters. The van der Waals surface area contributed by atoms with Gasteiger partial charge in [-0.25, -0.2) is 9.41 Å². The third-order valence-corrected chi connectivity index (χ3v) is 4.64. The summed E-state index contributed by atoms with van der Waals surface area (Å²) in [6.45, 7) is 12.6. The van der Waals surface area contributed by atoms with E-state index in [0.29, 0.717) is 28.1 Å². The Labute approximate surface area is 158 Å². The fourth-order valence-corrected chi connectivity index (χ4v) is 3.24. The number of furan rings is 1. The summed E-state index contributed by atoms with van der Waals surface area (Å²) in [5.41, 5.74) is 3.57. The number of pyridine rings is 1. The van der Waals surface area contributed by atoms with Crippen molar-refractivity contribution in [2.24, 2.45) is 7.05 Å². The second-order valence-corrected chi connectivity index (χ2v) is 6.65. The zero-order valence-corrected chi connectivity index (χ0v) is 15.2. The van der Waals surface area contributed by atoms with E-state index in [9.17, 15) is 0 Å². The van der Waals surface area contributed by atoms with E-state index in [4.69, 9.17) is 16.5 Å². The Hall–Kier alpha value is -3.12. The molecular weight excluding hydrogens is 320 g/mol. The van der Waals surface area contributed by atoms with Crippen LogP contribution in [0.5, 0.6) is 0 Å². The van der Waals surface area contributed by atoms with Crippen LogP contribution in [0.3, 0.4) is 0 Å². The number of aryl methyl sites for hydroxylation is 1. The van der Waals surface area contributed by atoms with Crippen molar-refractivity contribution in [1.29, 1.82) is 0 Å². The number of fused-ring (bicyclic) bond motifs is 3. The van der Waals surface area contributed by atoms with Crippen LogP contribution in [0, 0.1) is 13.5 Å². The van der Waals surface area contributed by atoms with Gasteiger partial charge in [-0.3, -0.25) is 0 Å². The van der Waals surface area contributed by atoms with E-state index in [1.165, 1.54) is 4.57 Å². The third-order valence-electron chi connectivity index (χ3n) is 4.64. The van der Waals surface area contributed by atoms with E-state index >= 15 is 0 Å². The van der Waals surface area contributed by atoms with E-state index in [1.807, 2.05) is 31.2 Å². The van der Waals surface area contributed by atoms with Crippen molar-refractivity contribution in [2.45, 2.75) is 26.7 Å². The molecular formula is C23H21N2O+. The average Bonchev–Trinajstić information content (AvgIpc) is 3.05. The van der Waals surface area contributed by atoms with Gasteiger partial charge in [0.05, 0.1) is 14.9 Å². The van der Waals surface area contributed by atoms with Gasteiger partial charge in [-0.05, 0) is 23.9 Å². The number of benzene rings is 2. The Kier molecular flexibility index (Phi) is 2.83. The lowest BCUT2D eigenvalue weighted by Crippen LogP contribution is -2.31. The van der Waals surface area contributed by atoms with Crippen LogP contribution in [0.15, 0.2) is 53.0 Å². The van der Waals surface area contributed by atoms with Crippen molar-refractivity contribution in [3.05, 3.63) is 71.1 Å². The molecule has 128 valence electrons. The number of rotatable bonds is 2. The molecule has 2 aromatic heterocycles. The second kappa shape index (κ2) is 6.00. The summed E-state index contributed by atoms with van der Waals surface area (Å²) in [6, 6.07) is 9.22. The number of hydrogen-bond acceptors (Lipinski definition) is 1. The van der Waals surface area contributed by atoms with Gasteiger partial charge >= 0.3 is 0 Å². The monoisotopic (exact) mass is 345 g/mol. The molecule has 4 rings (SSSR count). The molecule has 0 radical (unpaired) electrons. The maximum Gasteiger partial charge on any atom is 0.229 e. The molecule has 0 spiro atoms. The first-order chi connectivity index (χ1) is 14.1. The van der Waals surface area contributed by atoms with Gasteiger partial charge < -0.3 is 4.42 Å². The fraction of sp³-hybridized carbons (Fsp3) is 0.217. The van der Waals surface area contributed by atoms with E-state index in [2.05, 4.69) is 4.85 Å². The SMILES string of the molecule is [2H]c1c(C([2H])(C)C)c([2H])c(-c2c(C)ccc3c2oc2c([N+]#[C-])cccc23)[n+](C)c1[2H].